The molecular formula is C61H67BN2O. The molecule has 1 aromatic heterocycles. The number of aryl methyl sites for hydroxylation is 1. The van der Waals surface area contributed by atoms with Crippen LogP contribution in [-0.2, 0) is 32.5 Å². The van der Waals surface area contributed by atoms with E-state index < -0.39 is 0 Å². The highest BCUT2D eigenvalue weighted by Gasteiger charge is 2.48. The first kappa shape index (κ1) is 41.2. The van der Waals surface area contributed by atoms with Gasteiger partial charge in [-0.15, -0.1) is 0 Å². The van der Waals surface area contributed by atoms with Gasteiger partial charge in [0.25, 0.3) is 6.71 Å². The average Bonchev–Trinajstić information content (AvgIpc) is 3.64. The highest BCUT2D eigenvalue weighted by atomic mass is 16.3. The molecule has 0 unspecified atom stereocenters. The third-order valence-electron chi connectivity index (χ3n) is 17.9. The fourth-order valence-corrected chi connectivity index (χ4v) is 13.5. The maximum atomic E-state index is 6.78. The molecule has 0 amide bonds. The summed E-state index contributed by atoms with van der Waals surface area (Å²) in [5.74, 6) is 0. The first-order chi connectivity index (χ1) is 30.6. The molecule has 0 N–H and O–H groups in total. The van der Waals surface area contributed by atoms with Crippen LogP contribution in [-0.4, -0.2) is 6.71 Å². The van der Waals surface area contributed by atoms with Gasteiger partial charge in [0.05, 0.1) is 11.1 Å². The number of hydrogen-bond donors (Lipinski definition) is 0. The lowest BCUT2D eigenvalue weighted by atomic mass is 9.33. The quantitative estimate of drug-likeness (QED) is 0.162. The monoisotopic (exact) mass is 855 g/mol. The molecule has 0 saturated carbocycles. The van der Waals surface area contributed by atoms with Crippen molar-refractivity contribution in [2.75, 3.05) is 9.80 Å². The van der Waals surface area contributed by atoms with Gasteiger partial charge in [0.1, 0.15) is 11.2 Å². The van der Waals surface area contributed by atoms with Crippen LogP contribution in [0, 0.1) is 6.92 Å². The van der Waals surface area contributed by atoms with Gasteiger partial charge in [-0.1, -0.05) is 126 Å². The SMILES string of the molecule is Cc1cc2c3c(c1)N(c1ccc4c(c1)C(C)(C)CCC4(C)C)c1c(ccc4oc5ccccc5c14)B3c1cc3c(cc1N2c1ccc2c(c1)C(C)(C)CCC2(C)C)C(C)(C)CCC3(C)C. The van der Waals surface area contributed by atoms with Gasteiger partial charge >= 0.3 is 0 Å². The van der Waals surface area contributed by atoms with E-state index in [2.05, 4.69) is 197 Å². The van der Waals surface area contributed by atoms with E-state index in [0.29, 0.717) is 0 Å². The number of anilines is 6. The molecule has 3 aliphatic carbocycles. The summed E-state index contributed by atoms with van der Waals surface area (Å²) in [5, 5.41) is 2.37. The molecule has 7 aromatic rings. The zero-order valence-corrected chi connectivity index (χ0v) is 41.4. The van der Waals surface area contributed by atoms with Crippen molar-refractivity contribution in [3.05, 3.63) is 136 Å². The van der Waals surface area contributed by atoms with Crippen LogP contribution in [0.3, 0.4) is 0 Å². The lowest BCUT2D eigenvalue weighted by Crippen LogP contribution is -2.62. The molecule has 5 aliphatic rings. The predicted molar refractivity (Wildman–Crippen MR) is 278 cm³/mol. The van der Waals surface area contributed by atoms with E-state index in [1.165, 1.54) is 139 Å². The molecular weight excluding hydrogens is 787 g/mol. The molecule has 12 rings (SSSR count). The van der Waals surface area contributed by atoms with Gasteiger partial charge in [-0.05, 0) is 188 Å². The van der Waals surface area contributed by atoms with E-state index in [0.717, 1.165) is 11.2 Å². The minimum absolute atomic E-state index is 0.0169. The largest absolute Gasteiger partial charge is 0.456 e. The Bertz CT molecular complexity index is 3210. The molecule has 0 fully saturated rings. The highest BCUT2D eigenvalue weighted by Crippen LogP contribution is 2.55. The number of furan rings is 1. The minimum atomic E-state index is 0.0169. The fourth-order valence-electron chi connectivity index (χ4n) is 13.5. The Labute approximate surface area is 388 Å². The Morgan fingerprint density at radius 3 is 1.48 bits per heavy atom. The van der Waals surface area contributed by atoms with Gasteiger partial charge in [-0.25, -0.2) is 0 Å². The van der Waals surface area contributed by atoms with Crippen LogP contribution >= 0.6 is 0 Å². The second-order valence-electron chi connectivity index (χ2n) is 25.0. The summed E-state index contributed by atoms with van der Waals surface area (Å²) in [6, 6.07) is 38.7. The number of fused-ring (bicyclic) bond motifs is 11. The predicted octanol–water partition coefficient (Wildman–Crippen LogP) is 15.0. The number of rotatable bonds is 2. The first-order valence-electron chi connectivity index (χ1n) is 24.8. The summed E-state index contributed by atoms with van der Waals surface area (Å²) in [6.07, 6.45) is 7.10. The standard InChI is InChI=1S/C61H67BN2O/c1-36-30-49-54-50(31-36)64(38-19-21-41-43(33-38)59(8,9)27-25-57(41,4)5)55-46(22-23-52-53(55)39-16-14-15-17-51(39)65-52)62(54)47-34-44-45(61(12,13)29-28-60(44,10)11)35-48(47)63(49)37-18-20-40-42(32-37)58(6,7)26-24-56(40,2)3/h14-23,30-35H,24-29H2,1-13H3. The topological polar surface area (TPSA) is 19.6 Å². The fraction of sp³-hybridized carbons (Fsp3) is 0.410. The van der Waals surface area contributed by atoms with Crippen LogP contribution in [0.5, 0.6) is 0 Å². The van der Waals surface area contributed by atoms with Crippen molar-refractivity contribution in [2.24, 2.45) is 0 Å². The van der Waals surface area contributed by atoms with Crippen LogP contribution < -0.4 is 26.2 Å². The smallest absolute Gasteiger partial charge is 0.252 e. The van der Waals surface area contributed by atoms with Crippen molar-refractivity contribution < 1.29 is 4.42 Å². The van der Waals surface area contributed by atoms with Gasteiger partial charge in [-0.3, -0.25) is 0 Å². The highest BCUT2D eigenvalue weighted by molar-refractivity contribution is 7.00. The summed E-state index contributed by atoms with van der Waals surface area (Å²) in [5.41, 5.74) is 24.4. The third kappa shape index (κ3) is 5.74. The van der Waals surface area contributed by atoms with Crippen molar-refractivity contribution >= 4 is 79.2 Å². The van der Waals surface area contributed by atoms with Gasteiger partial charge in [0, 0.05) is 33.8 Å². The molecule has 65 heavy (non-hydrogen) atoms. The number of hydrogen-bond acceptors (Lipinski definition) is 3. The van der Waals surface area contributed by atoms with Gasteiger partial charge < -0.3 is 14.2 Å². The van der Waals surface area contributed by atoms with Crippen molar-refractivity contribution in [1.29, 1.82) is 0 Å². The minimum Gasteiger partial charge on any atom is -0.456 e. The maximum absolute atomic E-state index is 6.78. The summed E-state index contributed by atoms with van der Waals surface area (Å²) >= 11 is 0. The molecule has 3 heterocycles. The Balaban J connectivity index is 1.22. The zero-order chi connectivity index (χ0) is 45.5. The molecule has 3 nitrogen and oxygen atoms in total. The van der Waals surface area contributed by atoms with Crippen LogP contribution in [0.25, 0.3) is 21.9 Å². The number of benzene rings is 6. The second-order valence-corrected chi connectivity index (χ2v) is 25.0. The summed E-state index contributed by atoms with van der Waals surface area (Å²) in [6.45, 7) is 31.9. The van der Waals surface area contributed by atoms with E-state index in [1.54, 1.807) is 0 Å². The third-order valence-corrected chi connectivity index (χ3v) is 17.9. The lowest BCUT2D eigenvalue weighted by molar-refractivity contribution is 0.332. The number of para-hydroxylation sites is 1. The molecule has 0 spiro atoms. The normalized spacial score (nSPS) is 21.0. The Kier molecular flexibility index (Phi) is 8.26. The average molecular weight is 855 g/mol. The van der Waals surface area contributed by atoms with E-state index in [1.807, 2.05) is 0 Å². The number of nitrogens with zero attached hydrogens (tertiary/aromatic N) is 2. The van der Waals surface area contributed by atoms with Gasteiger partial charge in [0.2, 0.25) is 0 Å². The van der Waals surface area contributed by atoms with Crippen LogP contribution in [0.4, 0.5) is 34.1 Å². The Morgan fingerprint density at radius 1 is 0.431 bits per heavy atom. The Morgan fingerprint density at radius 2 is 0.908 bits per heavy atom. The Hall–Kier alpha value is -5.22. The summed E-state index contributed by atoms with van der Waals surface area (Å²) in [4.78, 5) is 5.36. The van der Waals surface area contributed by atoms with Gasteiger partial charge in [0.15, 0.2) is 0 Å². The van der Waals surface area contributed by atoms with E-state index >= 15 is 0 Å². The zero-order valence-electron chi connectivity index (χ0n) is 41.4. The van der Waals surface area contributed by atoms with Crippen molar-refractivity contribution in [3.8, 4) is 0 Å². The molecule has 4 heteroatoms. The summed E-state index contributed by atoms with van der Waals surface area (Å²) in [7, 11) is 0. The second kappa shape index (κ2) is 13.0. The maximum Gasteiger partial charge on any atom is 0.252 e. The molecule has 0 radical (unpaired) electrons. The first-order valence-corrected chi connectivity index (χ1v) is 24.8. The van der Waals surface area contributed by atoms with Crippen molar-refractivity contribution in [2.45, 2.75) is 161 Å². The van der Waals surface area contributed by atoms with Crippen molar-refractivity contribution in [1.82, 2.24) is 0 Å². The van der Waals surface area contributed by atoms with E-state index in [9.17, 15) is 0 Å². The van der Waals surface area contributed by atoms with Crippen molar-refractivity contribution in [3.63, 3.8) is 0 Å². The van der Waals surface area contributed by atoms with Crippen LogP contribution in [0.15, 0.2) is 101 Å². The molecule has 330 valence electrons. The molecule has 6 aromatic carbocycles. The van der Waals surface area contributed by atoms with Gasteiger partial charge in [-0.2, -0.15) is 0 Å². The van der Waals surface area contributed by atoms with Crippen LogP contribution in [0.2, 0.25) is 0 Å². The van der Waals surface area contributed by atoms with E-state index in [4.69, 9.17) is 4.42 Å². The van der Waals surface area contributed by atoms with Crippen LogP contribution in [0.1, 0.15) is 161 Å². The molecule has 0 saturated heterocycles. The molecule has 2 aliphatic heterocycles. The molecule has 0 bridgehead atoms. The lowest BCUT2D eigenvalue weighted by Gasteiger charge is -2.48. The molecule has 0 atom stereocenters. The summed E-state index contributed by atoms with van der Waals surface area (Å²) < 4.78 is 6.78. The van der Waals surface area contributed by atoms with E-state index in [-0.39, 0.29) is 39.2 Å².